The van der Waals surface area contributed by atoms with Crippen molar-refractivity contribution in [3.8, 4) is 0 Å². The van der Waals surface area contributed by atoms with Gasteiger partial charge in [0.15, 0.2) is 0 Å². The van der Waals surface area contributed by atoms with Crippen LogP contribution in [-0.4, -0.2) is 31.0 Å². The molecule has 1 amide bonds. The highest BCUT2D eigenvalue weighted by Gasteiger charge is 2.11. The number of halogens is 3. The summed E-state index contributed by atoms with van der Waals surface area (Å²) in [5, 5.41) is 3.31. The molecule has 1 rings (SSSR count). The van der Waals surface area contributed by atoms with E-state index < -0.39 is 17.5 Å². The number of rotatable bonds is 7. The van der Waals surface area contributed by atoms with Gasteiger partial charge in [0.25, 0.3) is 5.91 Å². The Labute approximate surface area is 113 Å². The monoisotopic (exact) mass is 321 g/mol. The van der Waals surface area contributed by atoms with Crippen molar-refractivity contribution in [1.82, 2.24) is 5.32 Å². The summed E-state index contributed by atoms with van der Waals surface area (Å²) in [6.07, 6.45) is 0.640. The normalized spacial score (nSPS) is 10.4. The molecule has 0 heterocycles. The Morgan fingerprint density at radius 2 is 2.11 bits per heavy atom. The van der Waals surface area contributed by atoms with E-state index in [-0.39, 0.29) is 5.56 Å². The minimum atomic E-state index is -0.858. The fourth-order valence-corrected chi connectivity index (χ4v) is 1.53. The van der Waals surface area contributed by atoms with Gasteiger partial charge in [0.05, 0.1) is 12.2 Å². The highest BCUT2D eigenvalue weighted by Crippen LogP contribution is 2.09. The summed E-state index contributed by atoms with van der Waals surface area (Å²) >= 11 is 3.22. The van der Waals surface area contributed by atoms with Crippen LogP contribution in [0.1, 0.15) is 16.8 Å². The molecule has 0 atom stereocenters. The van der Waals surface area contributed by atoms with E-state index in [9.17, 15) is 13.6 Å². The standard InChI is InChI=1S/C12H14BrF2NO2/c13-4-7-18-6-1-5-16-12(17)10-3-2-9(14)8-11(10)15/h2-3,8H,1,4-7H2,(H,16,17). The molecular formula is C12H14BrF2NO2. The van der Waals surface area contributed by atoms with Crippen molar-refractivity contribution in [2.75, 3.05) is 25.1 Å². The number of nitrogens with one attached hydrogen (secondary N) is 1. The third-order valence-electron chi connectivity index (χ3n) is 2.15. The minimum Gasteiger partial charge on any atom is -0.381 e. The fourth-order valence-electron chi connectivity index (χ4n) is 1.30. The van der Waals surface area contributed by atoms with Gasteiger partial charge in [-0.3, -0.25) is 4.79 Å². The number of alkyl halides is 1. The molecule has 0 fully saturated rings. The van der Waals surface area contributed by atoms with Crippen LogP contribution in [0.5, 0.6) is 0 Å². The maximum absolute atomic E-state index is 13.2. The molecule has 6 heteroatoms. The van der Waals surface area contributed by atoms with E-state index in [1.165, 1.54) is 0 Å². The molecule has 0 aromatic heterocycles. The SMILES string of the molecule is O=C(NCCCOCCBr)c1ccc(F)cc1F. The van der Waals surface area contributed by atoms with Crippen LogP contribution in [0.4, 0.5) is 8.78 Å². The molecular weight excluding hydrogens is 308 g/mol. The van der Waals surface area contributed by atoms with Crippen molar-refractivity contribution in [3.63, 3.8) is 0 Å². The average molecular weight is 322 g/mol. The molecule has 0 aliphatic carbocycles. The lowest BCUT2D eigenvalue weighted by Gasteiger charge is -2.06. The summed E-state index contributed by atoms with van der Waals surface area (Å²) in [6.45, 7) is 1.52. The van der Waals surface area contributed by atoms with E-state index in [1.54, 1.807) is 0 Å². The lowest BCUT2D eigenvalue weighted by Crippen LogP contribution is -2.26. The molecule has 100 valence electrons. The number of carbonyl (C=O) groups excluding carboxylic acids is 1. The molecule has 1 N–H and O–H groups in total. The molecule has 0 saturated carbocycles. The first-order valence-corrected chi connectivity index (χ1v) is 6.64. The van der Waals surface area contributed by atoms with E-state index in [1.807, 2.05) is 0 Å². The molecule has 0 radical (unpaired) electrons. The van der Waals surface area contributed by atoms with Crippen LogP contribution in [0.25, 0.3) is 0 Å². The van der Waals surface area contributed by atoms with Crippen LogP contribution < -0.4 is 5.32 Å². The zero-order valence-electron chi connectivity index (χ0n) is 9.72. The second-order valence-corrected chi connectivity index (χ2v) is 4.33. The van der Waals surface area contributed by atoms with E-state index in [0.717, 1.165) is 17.5 Å². The van der Waals surface area contributed by atoms with Crippen molar-refractivity contribution < 1.29 is 18.3 Å². The van der Waals surface area contributed by atoms with E-state index in [0.29, 0.717) is 32.2 Å². The topological polar surface area (TPSA) is 38.3 Å². The number of hydrogen-bond donors (Lipinski definition) is 1. The minimum absolute atomic E-state index is 0.155. The maximum Gasteiger partial charge on any atom is 0.254 e. The van der Waals surface area contributed by atoms with Crippen molar-refractivity contribution in [2.24, 2.45) is 0 Å². The van der Waals surface area contributed by atoms with Crippen molar-refractivity contribution in [3.05, 3.63) is 35.4 Å². The summed E-state index contributed by atoms with van der Waals surface area (Å²) in [5.41, 5.74) is -0.155. The smallest absolute Gasteiger partial charge is 0.254 e. The third-order valence-corrected chi connectivity index (χ3v) is 2.47. The van der Waals surface area contributed by atoms with Gasteiger partial charge in [-0.2, -0.15) is 0 Å². The Bertz CT molecular complexity index is 402. The Kier molecular flexibility index (Phi) is 6.82. The average Bonchev–Trinajstić information content (AvgIpc) is 2.33. The van der Waals surface area contributed by atoms with Crippen LogP contribution in [0.3, 0.4) is 0 Å². The molecule has 0 spiro atoms. The fraction of sp³-hybridized carbons (Fsp3) is 0.417. The van der Waals surface area contributed by atoms with Crippen molar-refractivity contribution in [1.29, 1.82) is 0 Å². The lowest BCUT2D eigenvalue weighted by molar-refractivity contribution is 0.0940. The second kappa shape index (κ2) is 8.16. The zero-order valence-corrected chi connectivity index (χ0v) is 11.3. The van der Waals surface area contributed by atoms with Crippen LogP contribution >= 0.6 is 15.9 Å². The second-order valence-electron chi connectivity index (χ2n) is 3.53. The molecule has 0 saturated heterocycles. The summed E-state index contributed by atoms with van der Waals surface area (Å²) in [7, 11) is 0. The first-order chi connectivity index (χ1) is 8.65. The van der Waals surface area contributed by atoms with Gasteiger partial charge in [0, 0.05) is 24.5 Å². The molecule has 1 aromatic carbocycles. The predicted octanol–water partition coefficient (Wildman–Crippen LogP) is 2.50. The van der Waals surface area contributed by atoms with Crippen LogP contribution in [0.2, 0.25) is 0 Å². The van der Waals surface area contributed by atoms with Gasteiger partial charge < -0.3 is 10.1 Å². The molecule has 0 aliphatic heterocycles. The first kappa shape index (κ1) is 15.0. The number of carbonyl (C=O) groups is 1. The van der Waals surface area contributed by atoms with Gasteiger partial charge in [-0.15, -0.1) is 0 Å². The molecule has 3 nitrogen and oxygen atoms in total. The highest BCUT2D eigenvalue weighted by molar-refractivity contribution is 9.09. The Morgan fingerprint density at radius 3 is 2.78 bits per heavy atom. The molecule has 0 aliphatic rings. The van der Waals surface area contributed by atoms with E-state index >= 15 is 0 Å². The summed E-state index contributed by atoms with van der Waals surface area (Å²) < 4.78 is 31.1. The van der Waals surface area contributed by atoms with Crippen LogP contribution in [0.15, 0.2) is 18.2 Å². The van der Waals surface area contributed by atoms with Crippen molar-refractivity contribution >= 4 is 21.8 Å². The first-order valence-electron chi connectivity index (χ1n) is 5.52. The zero-order chi connectivity index (χ0) is 13.4. The van der Waals surface area contributed by atoms with Crippen molar-refractivity contribution in [2.45, 2.75) is 6.42 Å². The highest BCUT2D eigenvalue weighted by atomic mass is 79.9. The molecule has 0 bridgehead atoms. The number of hydrogen-bond acceptors (Lipinski definition) is 2. The predicted molar refractivity (Wildman–Crippen MR) is 67.9 cm³/mol. The van der Waals surface area contributed by atoms with Gasteiger partial charge in [-0.25, -0.2) is 8.78 Å². The number of benzene rings is 1. The number of amides is 1. The van der Waals surface area contributed by atoms with E-state index in [2.05, 4.69) is 21.2 Å². The van der Waals surface area contributed by atoms with Gasteiger partial charge in [-0.05, 0) is 18.6 Å². The quantitative estimate of drug-likeness (QED) is 0.619. The van der Waals surface area contributed by atoms with Gasteiger partial charge in [0.2, 0.25) is 0 Å². The third kappa shape index (κ3) is 5.10. The van der Waals surface area contributed by atoms with E-state index in [4.69, 9.17) is 4.74 Å². The summed E-state index contributed by atoms with van der Waals surface area (Å²) in [6, 6.07) is 2.87. The van der Waals surface area contributed by atoms with Gasteiger partial charge in [-0.1, -0.05) is 15.9 Å². The Morgan fingerprint density at radius 1 is 1.33 bits per heavy atom. The lowest BCUT2D eigenvalue weighted by atomic mass is 10.2. The van der Waals surface area contributed by atoms with Gasteiger partial charge >= 0.3 is 0 Å². The summed E-state index contributed by atoms with van der Waals surface area (Å²) in [4.78, 5) is 11.5. The Hall–Kier alpha value is -1.01. The van der Waals surface area contributed by atoms with Crippen LogP contribution in [0, 0.1) is 11.6 Å². The number of ether oxygens (including phenoxy) is 1. The van der Waals surface area contributed by atoms with Gasteiger partial charge in [0.1, 0.15) is 11.6 Å². The largest absolute Gasteiger partial charge is 0.381 e. The Balaban J connectivity index is 2.32. The molecule has 0 unspecified atom stereocenters. The molecule has 18 heavy (non-hydrogen) atoms. The molecule has 1 aromatic rings. The summed E-state index contributed by atoms with van der Waals surface area (Å²) in [5.74, 6) is -2.11. The van der Waals surface area contributed by atoms with Crippen LogP contribution in [-0.2, 0) is 4.74 Å². The maximum atomic E-state index is 13.2.